The summed E-state index contributed by atoms with van der Waals surface area (Å²) in [5.74, 6) is -0.244. The first-order valence-electron chi connectivity index (χ1n) is 10.4. The van der Waals surface area contributed by atoms with Crippen LogP contribution in [0.2, 0.25) is 0 Å². The third-order valence-electron chi connectivity index (χ3n) is 6.31. The number of aryl methyl sites for hydroxylation is 1. The maximum atomic E-state index is 13.7. The number of benzene rings is 1. The van der Waals surface area contributed by atoms with Gasteiger partial charge in [0.1, 0.15) is 5.82 Å². The SMILES string of the molecule is CCc1cc(CN2CCC3(CCN(C(=O)OC(C(F)(F)F)C(F)(F)F)CC3)C2)ccc1F. The lowest BCUT2D eigenvalue weighted by Gasteiger charge is -2.39. The highest BCUT2D eigenvalue weighted by Crippen LogP contribution is 2.42. The number of amides is 1. The Morgan fingerprint density at radius 2 is 1.66 bits per heavy atom. The molecule has 11 heteroatoms. The number of rotatable bonds is 4. The maximum Gasteiger partial charge on any atom is 0.434 e. The molecule has 3 rings (SSSR count). The van der Waals surface area contributed by atoms with Gasteiger partial charge in [-0.15, -0.1) is 0 Å². The minimum Gasteiger partial charge on any atom is -0.426 e. The van der Waals surface area contributed by atoms with Crippen LogP contribution in [0, 0.1) is 11.2 Å². The molecule has 1 amide bonds. The first-order chi connectivity index (χ1) is 14.8. The molecular weight excluding hydrogens is 445 g/mol. The highest BCUT2D eigenvalue weighted by molar-refractivity contribution is 5.68. The zero-order chi connectivity index (χ0) is 23.7. The Bertz CT molecular complexity index is 803. The summed E-state index contributed by atoms with van der Waals surface area (Å²) in [7, 11) is 0. The van der Waals surface area contributed by atoms with Gasteiger partial charge in [0.15, 0.2) is 0 Å². The van der Waals surface area contributed by atoms with Crippen LogP contribution in [0.4, 0.5) is 35.5 Å². The largest absolute Gasteiger partial charge is 0.434 e. The van der Waals surface area contributed by atoms with Crippen LogP contribution in [-0.2, 0) is 17.7 Å². The first kappa shape index (κ1) is 24.6. The summed E-state index contributed by atoms with van der Waals surface area (Å²) in [5.41, 5.74) is 1.46. The van der Waals surface area contributed by atoms with E-state index in [1.165, 1.54) is 6.07 Å². The fourth-order valence-electron chi connectivity index (χ4n) is 4.48. The number of carbonyl (C=O) groups is 1. The first-order valence-corrected chi connectivity index (χ1v) is 10.4. The molecule has 2 aliphatic rings. The summed E-state index contributed by atoms with van der Waals surface area (Å²) >= 11 is 0. The molecule has 0 bridgehead atoms. The van der Waals surface area contributed by atoms with Crippen molar-refractivity contribution in [3.8, 4) is 0 Å². The molecule has 2 saturated heterocycles. The van der Waals surface area contributed by atoms with Crippen molar-refractivity contribution in [2.45, 2.75) is 57.6 Å². The Kier molecular flexibility index (Phi) is 6.97. The molecule has 0 aliphatic carbocycles. The molecule has 0 saturated carbocycles. The summed E-state index contributed by atoms with van der Waals surface area (Å²) in [6, 6.07) is 5.01. The Hall–Kier alpha value is -2.04. The lowest BCUT2D eigenvalue weighted by Crippen LogP contribution is -2.50. The van der Waals surface area contributed by atoms with E-state index in [2.05, 4.69) is 9.64 Å². The monoisotopic (exact) mass is 470 g/mol. The van der Waals surface area contributed by atoms with Crippen molar-refractivity contribution in [2.24, 2.45) is 5.41 Å². The number of piperidine rings is 1. The molecule has 180 valence electrons. The normalized spacial score (nSPS) is 19.7. The van der Waals surface area contributed by atoms with Crippen molar-refractivity contribution >= 4 is 6.09 Å². The van der Waals surface area contributed by atoms with E-state index in [1.807, 2.05) is 13.0 Å². The second kappa shape index (κ2) is 9.07. The Morgan fingerprint density at radius 1 is 1.06 bits per heavy atom. The number of likely N-dealkylation sites (tertiary alicyclic amines) is 2. The molecular formula is C21H25F7N2O2. The standard InChI is InChI=1S/C21H25F7N2O2/c1-2-15-11-14(3-4-16(15)22)12-29-8-5-19(13-29)6-9-30(10-7-19)18(31)32-17(20(23,24)25)21(26,27)28/h3-4,11,17H,2,5-10,12-13H2,1H3. The van der Waals surface area contributed by atoms with Gasteiger partial charge in [-0.3, -0.25) is 4.90 Å². The van der Waals surface area contributed by atoms with Crippen LogP contribution < -0.4 is 0 Å². The van der Waals surface area contributed by atoms with Crippen LogP contribution in [-0.4, -0.2) is 60.5 Å². The Morgan fingerprint density at radius 3 is 2.22 bits per heavy atom. The molecule has 1 spiro atoms. The lowest BCUT2D eigenvalue weighted by atomic mass is 9.78. The molecule has 0 atom stereocenters. The van der Waals surface area contributed by atoms with Crippen molar-refractivity contribution in [1.82, 2.24) is 9.80 Å². The number of alkyl halides is 6. The predicted molar refractivity (Wildman–Crippen MR) is 101 cm³/mol. The van der Waals surface area contributed by atoms with Gasteiger partial charge < -0.3 is 9.64 Å². The average molecular weight is 470 g/mol. The minimum absolute atomic E-state index is 0.0334. The van der Waals surface area contributed by atoms with Gasteiger partial charge in [0.2, 0.25) is 0 Å². The van der Waals surface area contributed by atoms with E-state index in [9.17, 15) is 35.5 Å². The number of hydrogen-bond acceptors (Lipinski definition) is 3. The van der Waals surface area contributed by atoms with Gasteiger partial charge in [0, 0.05) is 26.2 Å². The molecule has 2 aliphatic heterocycles. The lowest BCUT2D eigenvalue weighted by molar-refractivity contribution is -0.308. The van der Waals surface area contributed by atoms with E-state index >= 15 is 0 Å². The van der Waals surface area contributed by atoms with E-state index in [0.717, 1.165) is 23.4 Å². The van der Waals surface area contributed by atoms with Gasteiger partial charge >= 0.3 is 18.4 Å². The van der Waals surface area contributed by atoms with E-state index in [-0.39, 0.29) is 24.3 Å². The fraction of sp³-hybridized carbons (Fsp3) is 0.667. The number of halogens is 7. The van der Waals surface area contributed by atoms with Gasteiger partial charge in [-0.1, -0.05) is 19.1 Å². The Labute approximate surface area is 181 Å². The molecule has 4 nitrogen and oxygen atoms in total. The van der Waals surface area contributed by atoms with E-state index < -0.39 is 24.5 Å². The van der Waals surface area contributed by atoms with Crippen LogP contribution in [0.25, 0.3) is 0 Å². The van der Waals surface area contributed by atoms with E-state index in [0.29, 0.717) is 37.9 Å². The van der Waals surface area contributed by atoms with Crippen molar-refractivity contribution in [3.05, 3.63) is 35.1 Å². The molecule has 1 aromatic carbocycles. The van der Waals surface area contributed by atoms with Gasteiger partial charge in [-0.05, 0) is 54.8 Å². The van der Waals surface area contributed by atoms with Crippen molar-refractivity contribution in [1.29, 1.82) is 0 Å². The van der Waals surface area contributed by atoms with Crippen molar-refractivity contribution < 1.29 is 40.3 Å². The summed E-state index contributed by atoms with van der Waals surface area (Å²) in [5, 5.41) is 0. The molecule has 2 heterocycles. The van der Waals surface area contributed by atoms with Gasteiger partial charge in [0.25, 0.3) is 6.10 Å². The maximum absolute atomic E-state index is 13.7. The summed E-state index contributed by atoms with van der Waals surface area (Å²) in [6.07, 6.45) is -14.9. The predicted octanol–water partition coefficient (Wildman–Crippen LogP) is 5.31. The van der Waals surface area contributed by atoms with Gasteiger partial charge in [-0.2, -0.15) is 26.3 Å². The van der Waals surface area contributed by atoms with Crippen LogP contribution in [0.3, 0.4) is 0 Å². The van der Waals surface area contributed by atoms with Crippen molar-refractivity contribution in [3.63, 3.8) is 0 Å². The van der Waals surface area contributed by atoms with E-state index in [4.69, 9.17) is 0 Å². The molecule has 1 aromatic rings. The van der Waals surface area contributed by atoms with E-state index in [1.54, 1.807) is 6.07 Å². The number of nitrogens with zero attached hydrogens (tertiary/aromatic N) is 2. The zero-order valence-corrected chi connectivity index (χ0v) is 17.5. The fourth-order valence-corrected chi connectivity index (χ4v) is 4.48. The quantitative estimate of drug-likeness (QED) is 0.560. The molecule has 32 heavy (non-hydrogen) atoms. The molecule has 0 N–H and O–H groups in total. The highest BCUT2D eigenvalue weighted by Gasteiger charge is 2.60. The number of ether oxygens (including phenoxy) is 1. The summed E-state index contributed by atoms with van der Waals surface area (Å²) < 4.78 is 93.3. The Balaban J connectivity index is 1.54. The average Bonchev–Trinajstić information content (AvgIpc) is 3.08. The van der Waals surface area contributed by atoms with Gasteiger partial charge in [-0.25, -0.2) is 9.18 Å². The minimum atomic E-state index is -5.73. The molecule has 2 fully saturated rings. The van der Waals surface area contributed by atoms with Crippen LogP contribution in [0.5, 0.6) is 0 Å². The number of carbonyl (C=O) groups excluding carboxylic acids is 1. The summed E-state index contributed by atoms with van der Waals surface area (Å²) in [4.78, 5) is 15.1. The third kappa shape index (κ3) is 5.65. The van der Waals surface area contributed by atoms with Crippen LogP contribution in [0.15, 0.2) is 18.2 Å². The van der Waals surface area contributed by atoms with Gasteiger partial charge in [0.05, 0.1) is 0 Å². The third-order valence-corrected chi connectivity index (χ3v) is 6.31. The second-order valence-corrected chi connectivity index (χ2v) is 8.57. The van der Waals surface area contributed by atoms with Crippen molar-refractivity contribution in [2.75, 3.05) is 26.2 Å². The highest BCUT2D eigenvalue weighted by atomic mass is 19.4. The zero-order valence-electron chi connectivity index (χ0n) is 17.5. The molecule has 0 aromatic heterocycles. The summed E-state index contributed by atoms with van der Waals surface area (Å²) in [6.45, 7) is 4.03. The number of hydrogen-bond donors (Lipinski definition) is 0. The van der Waals surface area contributed by atoms with Crippen LogP contribution in [0.1, 0.15) is 37.3 Å². The van der Waals surface area contributed by atoms with Crippen LogP contribution >= 0.6 is 0 Å². The molecule has 0 unspecified atom stereocenters. The second-order valence-electron chi connectivity index (χ2n) is 8.57. The smallest absolute Gasteiger partial charge is 0.426 e. The topological polar surface area (TPSA) is 32.8 Å². The molecule has 0 radical (unpaired) electrons.